The summed E-state index contributed by atoms with van der Waals surface area (Å²) in [7, 11) is 4.38. The lowest BCUT2D eigenvalue weighted by molar-refractivity contribution is -0.121. The van der Waals surface area contributed by atoms with E-state index in [0.29, 0.717) is 19.0 Å². The fraction of sp³-hybridized carbons (Fsp3) is 0.692. The normalized spacial score (nSPS) is 28.6. The molecule has 5 rings (SSSR count). The first-order valence-electron chi connectivity index (χ1n) is 12.7. The van der Waals surface area contributed by atoms with Gasteiger partial charge in [-0.15, -0.1) is 0 Å². The molecule has 32 heavy (non-hydrogen) atoms. The lowest BCUT2D eigenvalue weighted by Crippen LogP contribution is -2.63. The first kappa shape index (κ1) is 21.9. The standard InChI is InChI=1S/C26H39N5O/c1-29-18-19-8-6-16-31-17-7-9-20(26(19)31)22(29)12-5-13-25(32)27-15-14-24-28-21-10-3-4-11-23(21)30(24)2/h3-4,10-11,19-20,22,26H,5-9,12-18H2,1-2H3,(H,27,32)/t19-,20+,22+,26-/m0/s1. The van der Waals surface area contributed by atoms with Crippen molar-refractivity contribution in [1.82, 2.24) is 24.7 Å². The number of para-hydroxylation sites is 2. The van der Waals surface area contributed by atoms with Crippen molar-refractivity contribution < 1.29 is 4.79 Å². The molecule has 6 nitrogen and oxygen atoms in total. The summed E-state index contributed by atoms with van der Waals surface area (Å²) in [5.74, 6) is 2.87. The van der Waals surface area contributed by atoms with Gasteiger partial charge >= 0.3 is 0 Å². The number of fused-ring (bicyclic) bond motifs is 1. The minimum Gasteiger partial charge on any atom is -0.356 e. The number of imidazole rings is 1. The summed E-state index contributed by atoms with van der Waals surface area (Å²) in [6, 6.07) is 9.64. The zero-order chi connectivity index (χ0) is 22.1. The molecular weight excluding hydrogens is 398 g/mol. The number of carbonyl (C=O) groups is 1. The minimum atomic E-state index is 0.183. The molecule has 3 aliphatic heterocycles. The van der Waals surface area contributed by atoms with Crippen LogP contribution in [0.5, 0.6) is 0 Å². The molecule has 0 spiro atoms. The van der Waals surface area contributed by atoms with Crippen molar-refractivity contribution >= 4 is 16.9 Å². The third kappa shape index (κ3) is 4.32. The van der Waals surface area contributed by atoms with Gasteiger partial charge in [-0.3, -0.25) is 9.69 Å². The molecule has 0 saturated carbocycles. The molecule has 0 bridgehead atoms. The quantitative estimate of drug-likeness (QED) is 0.723. The van der Waals surface area contributed by atoms with E-state index >= 15 is 0 Å². The number of nitrogens with one attached hydrogen (secondary N) is 1. The molecule has 1 amide bonds. The Morgan fingerprint density at radius 2 is 1.97 bits per heavy atom. The molecule has 3 saturated heterocycles. The van der Waals surface area contributed by atoms with Crippen LogP contribution >= 0.6 is 0 Å². The van der Waals surface area contributed by atoms with Gasteiger partial charge in [0.2, 0.25) is 5.91 Å². The monoisotopic (exact) mass is 437 g/mol. The predicted octanol–water partition coefficient (Wildman–Crippen LogP) is 3.21. The van der Waals surface area contributed by atoms with Crippen LogP contribution in [0.2, 0.25) is 0 Å². The summed E-state index contributed by atoms with van der Waals surface area (Å²) in [5.41, 5.74) is 2.17. The van der Waals surface area contributed by atoms with Gasteiger partial charge < -0.3 is 14.8 Å². The maximum Gasteiger partial charge on any atom is 0.220 e. The van der Waals surface area contributed by atoms with E-state index in [4.69, 9.17) is 4.98 Å². The number of aryl methyl sites for hydroxylation is 1. The first-order chi connectivity index (χ1) is 15.6. The number of amides is 1. The number of likely N-dealkylation sites (tertiary alicyclic amines) is 1. The fourth-order valence-corrected chi connectivity index (χ4v) is 6.94. The van der Waals surface area contributed by atoms with Crippen LogP contribution in [0.4, 0.5) is 0 Å². The van der Waals surface area contributed by atoms with Gasteiger partial charge in [-0.05, 0) is 82.6 Å². The van der Waals surface area contributed by atoms with E-state index in [-0.39, 0.29) is 5.91 Å². The number of aromatic nitrogens is 2. The number of rotatable bonds is 7. The highest BCUT2D eigenvalue weighted by atomic mass is 16.1. The van der Waals surface area contributed by atoms with E-state index in [1.807, 2.05) is 18.2 Å². The third-order valence-corrected chi connectivity index (χ3v) is 8.38. The van der Waals surface area contributed by atoms with Crippen LogP contribution in [-0.4, -0.2) is 70.6 Å². The van der Waals surface area contributed by atoms with Crippen LogP contribution in [-0.2, 0) is 18.3 Å². The van der Waals surface area contributed by atoms with Gasteiger partial charge in [0.25, 0.3) is 0 Å². The summed E-state index contributed by atoms with van der Waals surface area (Å²) in [6.45, 7) is 4.51. The number of carbonyl (C=O) groups excluding carboxylic acids is 1. The topological polar surface area (TPSA) is 53.4 Å². The predicted molar refractivity (Wildman–Crippen MR) is 129 cm³/mol. The van der Waals surface area contributed by atoms with E-state index in [0.717, 1.165) is 54.0 Å². The lowest BCUT2D eigenvalue weighted by atomic mass is 9.69. The largest absolute Gasteiger partial charge is 0.356 e. The molecule has 4 atom stereocenters. The summed E-state index contributed by atoms with van der Waals surface area (Å²) < 4.78 is 2.13. The van der Waals surface area contributed by atoms with Crippen molar-refractivity contribution in [2.45, 2.75) is 63.5 Å². The van der Waals surface area contributed by atoms with Crippen LogP contribution in [0.1, 0.15) is 50.8 Å². The number of nitrogens with zero attached hydrogens (tertiary/aromatic N) is 4. The summed E-state index contributed by atoms with van der Waals surface area (Å²) in [5, 5.41) is 3.13. The van der Waals surface area contributed by atoms with E-state index in [9.17, 15) is 4.79 Å². The Bertz CT molecular complexity index is 937. The molecule has 1 N–H and O–H groups in total. The lowest BCUT2D eigenvalue weighted by Gasteiger charge is -2.57. The van der Waals surface area contributed by atoms with Crippen molar-refractivity contribution in [3.8, 4) is 0 Å². The van der Waals surface area contributed by atoms with Gasteiger partial charge in [0.15, 0.2) is 0 Å². The molecule has 1 aromatic carbocycles. The Kier molecular flexibility index (Phi) is 6.51. The van der Waals surface area contributed by atoms with Gasteiger partial charge in [0.05, 0.1) is 11.0 Å². The summed E-state index contributed by atoms with van der Waals surface area (Å²) >= 11 is 0. The van der Waals surface area contributed by atoms with Gasteiger partial charge in [-0.2, -0.15) is 0 Å². The van der Waals surface area contributed by atoms with Crippen LogP contribution < -0.4 is 5.32 Å². The van der Waals surface area contributed by atoms with Crippen molar-refractivity contribution in [3.63, 3.8) is 0 Å². The fourth-order valence-electron chi connectivity index (χ4n) is 6.94. The van der Waals surface area contributed by atoms with Crippen LogP contribution in [0, 0.1) is 11.8 Å². The first-order valence-corrected chi connectivity index (χ1v) is 12.7. The Morgan fingerprint density at radius 3 is 2.81 bits per heavy atom. The Balaban J connectivity index is 1.09. The minimum absolute atomic E-state index is 0.183. The van der Waals surface area contributed by atoms with Crippen LogP contribution in [0.25, 0.3) is 11.0 Å². The number of hydrogen-bond donors (Lipinski definition) is 1. The van der Waals surface area contributed by atoms with E-state index in [2.05, 4.69) is 39.8 Å². The van der Waals surface area contributed by atoms with Crippen molar-refractivity contribution in [2.75, 3.05) is 33.2 Å². The van der Waals surface area contributed by atoms with Crippen molar-refractivity contribution in [1.29, 1.82) is 0 Å². The highest BCUT2D eigenvalue weighted by molar-refractivity contribution is 5.76. The average molecular weight is 438 g/mol. The van der Waals surface area contributed by atoms with E-state index in [1.54, 1.807) is 0 Å². The maximum atomic E-state index is 12.5. The second-order valence-electron chi connectivity index (χ2n) is 10.3. The summed E-state index contributed by atoms with van der Waals surface area (Å²) in [6.07, 6.45) is 9.04. The SMILES string of the molecule is CN1C[C@@H]2CCCN3CCC[C@@H]([C@H]23)[C@H]1CCCC(=O)NCCc1nc2ccccc2n1C. The van der Waals surface area contributed by atoms with Gasteiger partial charge in [-0.1, -0.05) is 12.1 Å². The second-order valence-corrected chi connectivity index (χ2v) is 10.3. The zero-order valence-electron chi connectivity index (χ0n) is 19.8. The van der Waals surface area contributed by atoms with Crippen molar-refractivity contribution in [2.24, 2.45) is 18.9 Å². The van der Waals surface area contributed by atoms with Gasteiger partial charge in [0, 0.05) is 45.1 Å². The molecule has 0 aliphatic carbocycles. The number of benzene rings is 1. The van der Waals surface area contributed by atoms with Crippen LogP contribution in [0.3, 0.4) is 0 Å². The molecule has 3 fully saturated rings. The summed E-state index contributed by atoms with van der Waals surface area (Å²) in [4.78, 5) is 22.6. The number of hydrogen-bond acceptors (Lipinski definition) is 4. The Hall–Kier alpha value is -1.92. The zero-order valence-corrected chi connectivity index (χ0v) is 19.8. The highest BCUT2D eigenvalue weighted by Crippen LogP contribution is 2.42. The molecule has 0 unspecified atom stereocenters. The van der Waals surface area contributed by atoms with E-state index in [1.165, 1.54) is 45.3 Å². The molecule has 4 heterocycles. The number of piperidine rings is 3. The highest BCUT2D eigenvalue weighted by Gasteiger charge is 2.47. The average Bonchev–Trinajstić information content (AvgIpc) is 3.12. The smallest absolute Gasteiger partial charge is 0.220 e. The van der Waals surface area contributed by atoms with Gasteiger partial charge in [0.1, 0.15) is 5.82 Å². The maximum absolute atomic E-state index is 12.5. The Morgan fingerprint density at radius 1 is 1.16 bits per heavy atom. The molecular formula is C26H39N5O. The molecule has 3 aliphatic rings. The molecule has 0 radical (unpaired) electrons. The second kappa shape index (κ2) is 9.52. The molecule has 2 aromatic rings. The van der Waals surface area contributed by atoms with Crippen molar-refractivity contribution in [3.05, 3.63) is 30.1 Å². The van der Waals surface area contributed by atoms with E-state index < -0.39 is 0 Å². The van der Waals surface area contributed by atoms with Crippen LogP contribution in [0.15, 0.2) is 24.3 Å². The van der Waals surface area contributed by atoms with Gasteiger partial charge in [-0.25, -0.2) is 4.98 Å². The molecule has 1 aromatic heterocycles. The third-order valence-electron chi connectivity index (χ3n) is 8.38. The molecule has 6 heteroatoms. The Labute approximate surface area is 192 Å². The molecule has 174 valence electrons.